The molecule has 0 bridgehead atoms. The van der Waals surface area contributed by atoms with E-state index in [9.17, 15) is 13.2 Å². The minimum atomic E-state index is -2.98. The summed E-state index contributed by atoms with van der Waals surface area (Å²) in [7, 11) is -2.98. The maximum Gasteiger partial charge on any atom is 0.282 e. The third-order valence-corrected chi connectivity index (χ3v) is 3.39. The molecule has 0 aliphatic rings. The monoisotopic (exact) mass is 264 g/mol. The van der Waals surface area contributed by atoms with E-state index in [0.29, 0.717) is 6.42 Å². The molecule has 1 rings (SSSR count). The van der Waals surface area contributed by atoms with E-state index in [-0.39, 0.29) is 28.3 Å². The Kier molecular flexibility index (Phi) is 4.19. The number of amides is 1. The lowest BCUT2D eigenvalue weighted by molar-refractivity contribution is 0.0952. The molecule has 0 saturated heterocycles. The standard InChI is InChI=1S/C7H12N4O3S2/c1-16(13,14)4-2-3-9-5(12)6-10-11-7(8)15-6/h2-4H2,1H3,(H2,8,11)(H,9,12). The van der Waals surface area contributed by atoms with Crippen molar-refractivity contribution in [3.05, 3.63) is 5.01 Å². The summed E-state index contributed by atoms with van der Waals surface area (Å²) in [6.45, 7) is 0.283. The molecule has 0 atom stereocenters. The quantitative estimate of drug-likeness (QED) is 0.678. The summed E-state index contributed by atoms with van der Waals surface area (Å²) < 4.78 is 21.6. The van der Waals surface area contributed by atoms with E-state index in [4.69, 9.17) is 5.73 Å². The maximum absolute atomic E-state index is 11.4. The van der Waals surface area contributed by atoms with E-state index in [1.807, 2.05) is 0 Å². The molecule has 1 heterocycles. The second-order valence-corrected chi connectivity index (χ2v) is 6.45. The van der Waals surface area contributed by atoms with Crippen LogP contribution in [0.2, 0.25) is 0 Å². The summed E-state index contributed by atoms with van der Waals surface area (Å²) in [5.74, 6) is -0.339. The van der Waals surface area contributed by atoms with Crippen molar-refractivity contribution in [3.63, 3.8) is 0 Å². The van der Waals surface area contributed by atoms with Crippen LogP contribution < -0.4 is 11.1 Å². The number of hydrogen-bond donors (Lipinski definition) is 2. The van der Waals surface area contributed by atoms with E-state index < -0.39 is 9.84 Å². The molecule has 90 valence electrons. The van der Waals surface area contributed by atoms with E-state index in [1.165, 1.54) is 0 Å². The Morgan fingerprint density at radius 3 is 2.69 bits per heavy atom. The lowest BCUT2D eigenvalue weighted by Gasteiger charge is -2.01. The molecule has 0 fully saturated rings. The van der Waals surface area contributed by atoms with Crippen molar-refractivity contribution < 1.29 is 13.2 Å². The van der Waals surface area contributed by atoms with Crippen LogP contribution in [0.5, 0.6) is 0 Å². The smallest absolute Gasteiger partial charge is 0.282 e. The van der Waals surface area contributed by atoms with Crippen molar-refractivity contribution in [2.75, 3.05) is 24.3 Å². The summed E-state index contributed by atoms with van der Waals surface area (Å²) in [6.07, 6.45) is 1.53. The van der Waals surface area contributed by atoms with Gasteiger partial charge in [0.15, 0.2) is 0 Å². The van der Waals surface area contributed by atoms with Gasteiger partial charge in [0.1, 0.15) is 9.84 Å². The Morgan fingerprint density at radius 2 is 2.19 bits per heavy atom. The minimum absolute atomic E-state index is 0.0472. The molecule has 1 aromatic heterocycles. The molecule has 16 heavy (non-hydrogen) atoms. The van der Waals surface area contributed by atoms with Crippen LogP contribution >= 0.6 is 11.3 Å². The number of nitrogen functional groups attached to an aromatic ring is 1. The number of nitrogens with one attached hydrogen (secondary N) is 1. The van der Waals surface area contributed by atoms with Gasteiger partial charge in [0.25, 0.3) is 5.91 Å². The third-order valence-electron chi connectivity index (χ3n) is 1.61. The molecular formula is C7H12N4O3S2. The van der Waals surface area contributed by atoms with Crippen molar-refractivity contribution in [1.29, 1.82) is 0 Å². The van der Waals surface area contributed by atoms with Crippen LogP contribution in [0.4, 0.5) is 5.13 Å². The number of rotatable bonds is 5. The second kappa shape index (κ2) is 5.21. The molecule has 3 N–H and O–H groups in total. The average Bonchev–Trinajstić information content (AvgIpc) is 2.57. The number of nitrogens with zero attached hydrogens (tertiary/aromatic N) is 2. The Labute approximate surface area is 97.0 Å². The normalized spacial score (nSPS) is 11.3. The number of aromatic nitrogens is 2. The van der Waals surface area contributed by atoms with Gasteiger partial charge in [-0.2, -0.15) is 0 Å². The summed E-state index contributed by atoms with van der Waals surface area (Å²) in [5.41, 5.74) is 5.31. The van der Waals surface area contributed by atoms with Gasteiger partial charge in [-0.3, -0.25) is 4.79 Å². The highest BCUT2D eigenvalue weighted by Crippen LogP contribution is 2.10. The lowest BCUT2D eigenvalue weighted by atomic mass is 10.4. The average molecular weight is 264 g/mol. The number of anilines is 1. The van der Waals surface area contributed by atoms with Crippen molar-refractivity contribution >= 4 is 32.2 Å². The molecule has 0 aliphatic heterocycles. The largest absolute Gasteiger partial charge is 0.374 e. The highest BCUT2D eigenvalue weighted by atomic mass is 32.2. The van der Waals surface area contributed by atoms with E-state index in [0.717, 1.165) is 17.6 Å². The molecule has 1 aromatic rings. The van der Waals surface area contributed by atoms with Gasteiger partial charge in [0.05, 0.1) is 5.75 Å². The number of nitrogens with two attached hydrogens (primary N) is 1. The Morgan fingerprint density at radius 1 is 1.50 bits per heavy atom. The Balaban J connectivity index is 2.31. The molecule has 0 saturated carbocycles. The maximum atomic E-state index is 11.4. The van der Waals surface area contributed by atoms with Gasteiger partial charge in [-0.1, -0.05) is 11.3 Å². The highest BCUT2D eigenvalue weighted by Gasteiger charge is 2.11. The molecule has 0 aromatic carbocycles. The van der Waals surface area contributed by atoms with Gasteiger partial charge in [-0.15, -0.1) is 10.2 Å². The van der Waals surface area contributed by atoms with Gasteiger partial charge in [0.2, 0.25) is 10.1 Å². The summed E-state index contributed by atoms with van der Waals surface area (Å²) in [6, 6.07) is 0. The van der Waals surface area contributed by atoms with Crippen LogP contribution in [0.3, 0.4) is 0 Å². The highest BCUT2D eigenvalue weighted by molar-refractivity contribution is 7.90. The minimum Gasteiger partial charge on any atom is -0.374 e. The first-order valence-corrected chi connectivity index (χ1v) is 7.31. The van der Waals surface area contributed by atoms with Crippen LogP contribution in [0, 0.1) is 0 Å². The molecule has 7 nitrogen and oxygen atoms in total. The van der Waals surface area contributed by atoms with Crippen molar-refractivity contribution in [1.82, 2.24) is 15.5 Å². The molecule has 1 amide bonds. The number of carbonyl (C=O) groups excluding carboxylic acids is 1. The van der Waals surface area contributed by atoms with E-state index in [1.54, 1.807) is 0 Å². The van der Waals surface area contributed by atoms with Crippen LogP contribution in [-0.2, 0) is 9.84 Å². The third kappa shape index (κ3) is 4.53. The van der Waals surface area contributed by atoms with Crippen molar-refractivity contribution in [3.8, 4) is 0 Å². The van der Waals surface area contributed by atoms with E-state index in [2.05, 4.69) is 15.5 Å². The summed E-state index contributed by atoms with van der Waals surface area (Å²) in [5, 5.41) is 9.99. The van der Waals surface area contributed by atoms with Crippen LogP contribution in [0.15, 0.2) is 0 Å². The topological polar surface area (TPSA) is 115 Å². The fraction of sp³-hybridized carbons (Fsp3) is 0.571. The van der Waals surface area contributed by atoms with Crippen molar-refractivity contribution in [2.24, 2.45) is 0 Å². The van der Waals surface area contributed by atoms with Gasteiger partial charge in [0, 0.05) is 12.8 Å². The molecular weight excluding hydrogens is 252 g/mol. The molecule has 0 spiro atoms. The van der Waals surface area contributed by atoms with Gasteiger partial charge in [-0.05, 0) is 6.42 Å². The predicted molar refractivity (Wildman–Crippen MR) is 61.0 cm³/mol. The number of carbonyl (C=O) groups is 1. The summed E-state index contributed by atoms with van der Waals surface area (Å²) in [4.78, 5) is 11.4. The Hall–Kier alpha value is -1.22. The molecule has 0 unspecified atom stereocenters. The zero-order valence-electron chi connectivity index (χ0n) is 8.63. The fourth-order valence-corrected chi connectivity index (χ4v) is 2.13. The van der Waals surface area contributed by atoms with Crippen LogP contribution in [0.25, 0.3) is 0 Å². The van der Waals surface area contributed by atoms with Crippen molar-refractivity contribution in [2.45, 2.75) is 6.42 Å². The summed E-state index contributed by atoms with van der Waals surface area (Å²) >= 11 is 0.985. The first kappa shape index (κ1) is 12.8. The number of sulfone groups is 1. The zero-order chi connectivity index (χ0) is 12.2. The SMILES string of the molecule is CS(=O)(=O)CCCNC(=O)c1nnc(N)s1. The first-order chi connectivity index (χ1) is 7.38. The molecule has 9 heteroatoms. The van der Waals surface area contributed by atoms with Gasteiger partial charge >= 0.3 is 0 Å². The predicted octanol–water partition coefficient (Wildman–Crippen LogP) is -0.715. The van der Waals surface area contributed by atoms with Crippen LogP contribution in [-0.4, -0.2) is 43.1 Å². The molecule has 0 aliphatic carbocycles. The van der Waals surface area contributed by atoms with E-state index >= 15 is 0 Å². The molecule has 0 radical (unpaired) electrons. The van der Waals surface area contributed by atoms with Gasteiger partial charge in [-0.25, -0.2) is 8.42 Å². The first-order valence-electron chi connectivity index (χ1n) is 4.43. The number of hydrogen-bond acceptors (Lipinski definition) is 7. The fourth-order valence-electron chi connectivity index (χ4n) is 0.938. The zero-order valence-corrected chi connectivity index (χ0v) is 10.3. The Bertz CT molecular complexity index is 468. The lowest BCUT2D eigenvalue weighted by Crippen LogP contribution is -2.25. The van der Waals surface area contributed by atoms with Crippen LogP contribution in [0.1, 0.15) is 16.2 Å². The van der Waals surface area contributed by atoms with Gasteiger partial charge < -0.3 is 11.1 Å². The second-order valence-electron chi connectivity index (χ2n) is 3.18.